The lowest BCUT2D eigenvalue weighted by Crippen LogP contribution is -2.48. The Morgan fingerprint density at radius 2 is 1.56 bits per heavy atom. The van der Waals surface area contributed by atoms with Crippen LogP contribution in [0, 0.1) is 0 Å². The van der Waals surface area contributed by atoms with E-state index >= 15 is 0 Å². The van der Waals surface area contributed by atoms with Gasteiger partial charge >= 0.3 is 18.3 Å². The van der Waals surface area contributed by atoms with E-state index < -0.39 is 41.4 Å². The second-order valence-corrected chi connectivity index (χ2v) is 8.43. The number of ether oxygens (including phenoxy) is 1. The molecule has 0 aliphatic rings. The Labute approximate surface area is 198 Å². The zero-order valence-corrected chi connectivity index (χ0v) is 19.3. The Morgan fingerprint density at radius 3 is 2.12 bits per heavy atom. The summed E-state index contributed by atoms with van der Waals surface area (Å²) < 4.78 is 80.8. The van der Waals surface area contributed by atoms with E-state index in [4.69, 9.17) is 4.84 Å². The molecule has 13 heteroatoms. The smallest absolute Gasteiger partial charge is 0.434 e. The van der Waals surface area contributed by atoms with Gasteiger partial charge in [0.2, 0.25) is 0 Å². The van der Waals surface area contributed by atoms with E-state index in [1.165, 1.54) is 26.0 Å². The van der Waals surface area contributed by atoms with Crippen LogP contribution >= 0.6 is 15.9 Å². The summed E-state index contributed by atoms with van der Waals surface area (Å²) in [6, 6.07) is 12.4. The molecule has 2 aromatic carbocycles. The molecule has 0 fully saturated rings. The molecule has 0 heterocycles. The molecule has 0 saturated heterocycles. The van der Waals surface area contributed by atoms with Gasteiger partial charge in [0.25, 0.3) is 12.0 Å². The first-order chi connectivity index (χ1) is 15.6. The largest absolute Gasteiger partial charge is 0.439 e. The van der Waals surface area contributed by atoms with E-state index in [2.05, 4.69) is 31.5 Å². The third-order valence-corrected chi connectivity index (χ3v) is 4.78. The molecule has 0 spiro atoms. The molecule has 6 nitrogen and oxygen atoms in total. The number of halogens is 7. The van der Waals surface area contributed by atoms with Crippen molar-refractivity contribution in [3.8, 4) is 0 Å². The molecule has 1 amide bonds. The summed E-state index contributed by atoms with van der Waals surface area (Å²) in [5.41, 5.74) is 0.562. The lowest BCUT2D eigenvalue weighted by molar-refractivity contribution is -0.307. The monoisotopic (exact) mass is 556 g/mol. The topological polar surface area (TPSA) is 76.7 Å². The molecule has 2 rings (SSSR count). The first-order valence-electron chi connectivity index (χ1n) is 9.49. The van der Waals surface area contributed by atoms with Crippen LogP contribution in [0.25, 0.3) is 0 Å². The molecule has 0 saturated carbocycles. The van der Waals surface area contributed by atoms with Crippen LogP contribution in [0.1, 0.15) is 29.8 Å². The zero-order valence-electron chi connectivity index (χ0n) is 17.7. The van der Waals surface area contributed by atoms with Crippen molar-refractivity contribution >= 4 is 33.5 Å². The summed E-state index contributed by atoms with van der Waals surface area (Å²) in [6.45, 7) is 2.76. The maximum absolute atomic E-state index is 12.8. The molecule has 0 radical (unpaired) electrons. The van der Waals surface area contributed by atoms with Crippen molar-refractivity contribution in [3.05, 3.63) is 64.1 Å². The van der Waals surface area contributed by atoms with Crippen LogP contribution < -0.4 is 10.8 Å². The van der Waals surface area contributed by atoms with E-state index in [0.29, 0.717) is 0 Å². The van der Waals surface area contributed by atoms with E-state index in [9.17, 15) is 35.9 Å². The molecule has 0 unspecified atom stereocenters. The molecule has 0 aromatic heterocycles. The van der Waals surface area contributed by atoms with Crippen molar-refractivity contribution in [2.45, 2.75) is 44.4 Å². The fourth-order valence-corrected chi connectivity index (χ4v) is 2.93. The summed E-state index contributed by atoms with van der Waals surface area (Å²) in [5, 5.41) is 2.62. The van der Waals surface area contributed by atoms with E-state index in [1.807, 2.05) is 0 Å². The van der Waals surface area contributed by atoms with Gasteiger partial charge in [0.1, 0.15) is 5.54 Å². The van der Waals surface area contributed by atoms with Gasteiger partial charge in [0, 0.05) is 10.2 Å². The van der Waals surface area contributed by atoms with Gasteiger partial charge in [-0.05, 0) is 37.6 Å². The van der Waals surface area contributed by atoms with Crippen molar-refractivity contribution in [1.82, 2.24) is 5.48 Å². The van der Waals surface area contributed by atoms with Crippen LogP contribution in [0.5, 0.6) is 0 Å². The molecule has 0 bridgehead atoms. The van der Waals surface area contributed by atoms with Crippen LogP contribution in [-0.4, -0.2) is 35.9 Å². The Balaban J connectivity index is 2.17. The SMILES string of the molecule is CC(C)(Nc1ccc(Br)cc1C(=O)OC(C(F)(F)F)C(F)(F)F)C(=O)NOCc1ccccc1. The molecular weight excluding hydrogens is 538 g/mol. The number of anilines is 1. The average molecular weight is 557 g/mol. The summed E-state index contributed by atoms with van der Waals surface area (Å²) in [7, 11) is 0. The summed E-state index contributed by atoms with van der Waals surface area (Å²) in [5.74, 6) is -2.62. The molecule has 0 atom stereocenters. The van der Waals surface area contributed by atoms with Gasteiger partial charge in [-0.15, -0.1) is 0 Å². The highest BCUT2D eigenvalue weighted by Gasteiger charge is 2.60. The summed E-state index contributed by atoms with van der Waals surface area (Å²) in [6.07, 6.45) is -16.1. The van der Waals surface area contributed by atoms with E-state index in [1.54, 1.807) is 30.3 Å². The highest BCUT2D eigenvalue weighted by atomic mass is 79.9. The standard InChI is InChI=1S/C21H19BrF6N2O4/c1-19(2,18(32)30-33-11-12-6-4-3-5-7-12)29-15-9-8-13(22)10-14(15)16(31)34-17(20(23,24)25)21(26,27)28/h3-10,17,29H,11H2,1-2H3,(H,30,32). The van der Waals surface area contributed by atoms with Gasteiger partial charge in [-0.1, -0.05) is 46.3 Å². The summed E-state index contributed by atoms with van der Waals surface area (Å²) in [4.78, 5) is 30.0. The van der Waals surface area contributed by atoms with Gasteiger partial charge in [-0.25, -0.2) is 10.3 Å². The number of carbonyl (C=O) groups is 2. The van der Waals surface area contributed by atoms with Crippen molar-refractivity contribution in [2.75, 3.05) is 5.32 Å². The van der Waals surface area contributed by atoms with E-state index in [0.717, 1.165) is 11.6 Å². The molecule has 0 aliphatic carbocycles. The minimum absolute atomic E-state index is 0.0365. The number of carbonyl (C=O) groups excluding carboxylic acids is 2. The van der Waals surface area contributed by atoms with Crippen molar-refractivity contribution in [2.24, 2.45) is 0 Å². The van der Waals surface area contributed by atoms with E-state index in [-0.39, 0.29) is 16.8 Å². The third-order valence-electron chi connectivity index (χ3n) is 4.28. The second-order valence-electron chi connectivity index (χ2n) is 7.51. The van der Waals surface area contributed by atoms with Crippen LogP contribution in [-0.2, 0) is 21.0 Å². The van der Waals surface area contributed by atoms with Gasteiger partial charge in [0.05, 0.1) is 12.2 Å². The lowest BCUT2D eigenvalue weighted by atomic mass is 10.0. The number of nitrogens with one attached hydrogen (secondary N) is 2. The fraction of sp³-hybridized carbons (Fsp3) is 0.333. The zero-order chi connectivity index (χ0) is 25.7. The molecule has 0 aliphatic heterocycles. The first kappa shape index (κ1) is 27.4. The van der Waals surface area contributed by atoms with Crippen molar-refractivity contribution < 1.29 is 45.5 Å². The van der Waals surface area contributed by atoms with Crippen molar-refractivity contribution in [1.29, 1.82) is 0 Å². The predicted octanol–water partition coefficient (Wildman–Crippen LogP) is 5.54. The quantitative estimate of drug-likeness (QED) is 0.254. The number of esters is 1. The third kappa shape index (κ3) is 7.62. The van der Waals surface area contributed by atoms with Crippen LogP contribution in [0.3, 0.4) is 0 Å². The van der Waals surface area contributed by atoms with Gasteiger partial charge < -0.3 is 10.1 Å². The van der Waals surface area contributed by atoms with Gasteiger partial charge in [-0.3, -0.25) is 9.63 Å². The maximum Gasteiger partial charge on any atom is 0.434 e. The minimum atomic E-state index is -5.87. The number of amides is 1. The number of rotatable bonds is 8. The normalized spacial score (nSPS) is 12.4. The Bertz CT molecular complexity index is 999. The average Bonchev–Trinajstić information content (AvgIpc) is 2.72. The molecular formula is C21H19BrF6N2O4. The minimum Gasteiger partial charge on any atom is -0.439 e. The number of hydrogen-bond acceptors (Lipinski definition) is 5. The molecule has 34 heavy (non-hydrogen) atoms. The fourth-order valence-electron chi connectivity index (χ4n) is 2.56. The highest BCUT2D eigenvalue weighted by Crippen LogP contribution is 2.37. The Hall–Kier alpha value is -2.80. The number of hydrogen-bond donors (Lipinski definition) is 2. The van der Waals surface area contributed by atoms with Crippen LogP contribution in [0.2, 0.25) is 0 Å². The molecule has 2 N–H and O–H groups in total. The van der Waals surface area contributed by atoms with Crippen LogP contribution in [0.4, 0.5) is 32.0 Å². The number of benzene rings is 2. The Kier molecular flexibility index (Phi) is 8.59. The Morgan fingerprint density at radius 1 is 0.971 bits per heavy atom. The molecule has 2 aromatic rings. The van der Waals surface area contributed by atoms with Gasteiger partial charge in [0.15, 0.2) is 0 Å². The maximum atomic E-state index is 12.8. The lowest BCUT2D eigenvalue weighted by Gasteiger charge is -2.28. The van der Waals surface area contributed by atoms with Crippen molar-refractivity contribution in [3.63, 3.8) is 0 Å². The number of hydroxylamine groups is 1. The van der Waals surface area contributed by atoms with Gasteiger partial charge in [-0.2, -0.15) is 26.3 Å². The second kappa shape index (κ2) is 10.6. The highest BCUT2D eigenvalue weighted by molar-refractivity contribution is 9.10. The van der Waals surface area contributed by atoms with Crippen LogP contribution in [0.15, 0.2) is 53.0 Å². The molecule has 186 valence electrons. The summed E-state index contributed by atoms with van der Waals surface area (Å²) >= 11 is 3.00. The number of alkyl halides is 6. The first-order valence-corrected chi connectivity index (χ1v) is 10.3. The predicted molar refractivity (Wildman–Crippen MR) is 113 cm³/mol.